The summed E-state index contributed by atoms with van der Waals surface area (Å²) in [6.45, 7) is 11.8. The van der Waals surface area contributed by atoms with Crippen molar-refractivity contribution in [3.8, 4) is 0 Å². The molecular weight excluding hydrogens is 263 g/mol. The fourth-order valence-corrected chi connectivity index (χ4v) is 1.43. The first kappa shape index (κ1) is 26.6. The van der Waals surface area contributed by atoms with Crippen molar-refractivity contribution in [3.63, 3.8) is 0 Å². The lowest BCUT2D eigenvalue weighted by atomic mass is 10.2. The molecule has 0 bridgehead atoms. The molecule has 0 spiro atoms. The Balaban J connectivity index is -0.0000000980. The molecule has 0 aromatic rings. The van der Waals surface area contributed by atoms with Gasteiger partial charge >= 0.3 is 0 Å². The molecule has 0 nitrogen and oxygen atoms in total. The van der Waals surface area contributed by atoms with E-state index in [-0.39, 0.29) is 24.8 Å². The van der Waals surface area contributed by atoms with Crippen molar-refractivity contribution < 1.29 is 0 Å². The number of hydrogen-bond acceptors (Lipinski definition) is 0. The summed E-state index contributed by atoms with van der Waals surface area (Å²) in [6, 6.07) is 0. The van der Waals surface area contributed by atoms with Crippen LogP contribution in [0.4, 0.5) is 0 Å². The summed E-state index contributed by atoms with van der Waals surface area (Å²) in [5.74, 6) is 0. The smallest absolute Gasteiger partial charge is 0.0353 e. The van der Waals surface area contributed by atoms with Crippen molar-refractivity contribution in [2.45, 2.75) is 78.1 Å². The standard InChI is InChI=1S/2C8H16.2ClH/c2*1-3-5-7-8-6-4-2;;/h2*3H,1,4-8H2,2H3;2*1H. The summed E-state index contributed by atoms with van der Waals surface area (Å²) >= 11 is 0. The van der Waals surface area contributed by atoms with Gasteiger partial charge in [0, 0.05) is 0 Å². The summed E-state index contributed by atoms with van der Waals surface area (Å²) in [4.78, 5) is 0. The minimum absolute atomic E-state index is 0. The fraction of sp³-hybridized carbons (Fsp3) is 0.750. The molecule has 0 heterocycles. The van der Waals surface area contributed by atoms with Gasteiger partial charge in [-0.25, -0.2) is 0 Å². The summed E-state index contributed by atoms with van der Waals surface area (Å²) in [5, 5.41) is 0. The zero-order valence-corrected chi connectivity index (χ0v) is 14.1. The SMILES string of the molecule is C=CCCCCCC.C=CCCCCCC.Cl.Cl. The highest BCUT2D eigenvalue weighted by molar-refractivity contribution is 5.85. The van der Waals surface area contributed by atoms with Gasteiger partial charge in [-0.2, -0.15) is 0 Å². The van der Waals surface area contributed by atoms with Crippen LogP contribution in [0.3, 0.4) is 0 Å². The summed E-state index contributed by atoms with van der Waals surface area (Å²) in [7, 11) is 0. The van der Waals surface area contributed by atoms with E-state index in [0.29, 0.717) is 0 Å². The molecule has 0 rings (SSSR count). The second-order valence-corrected chi connectivity index (χ2v) is 4.28. The Morgan fingerprint density at radius 2 is 0.944 bits per heavy atom. The maximum atomic E-state index is 3.66. The highest BCUT2D eigenvalue weighted by atomic mass is 35.5. The fourth-order valence-electron chi connectivity index (χ4n) is 1.43. The van der Waals surface area contributed by atoms with E-state index < -0.39 is 0 Å². The first-order chi connectivity index (χ1) is 7.83. The Labute approximate surface area is 128 Å². The van der Waals surface area contributed by atoms with Gasteiger partial charge in [-0.05, 0) is 25.7 Å². The topological polar surface area (TPSA) is 0 Å². The van der Waals surface area contributed by atoms with Crippen LogP contribution < -0.4 is 0 Å². The third-order valence-corrected chi connectivity index (χ3v) is 2.52. The predicted octanol–water partition coefficient (Wildman–Crippen LogP) is 7.13. The van der Waals surface area contributed by atoms with Gasteiger partial charge in [0.1, 0.15) is 0 Å². The van der Waals surface area contributed by atoms with Crippen LogP contribution in [0.1, 0.15) is 78.1 Å². The van der Waals surface area contributed by atoms with E-state index in [1.54, 1.807) is 0 Å². The number of hydrogen-bond donors (Lipinski definition) is 0. The van der Waals surface area contributed by atoms with Gasteiger partial charge in [-0.3, -0.25) is 0 Å². The van der Waals surface area contributed by atoms with Crippen LogP contribution >= 0.6 is 24.8 Å². The molecular formula is C16H34Cl2. The molecule has 0 aromatic heterocycles. The second-order valence-electron chi connectivity index (χ2n) is 4.28. The molecule has 0 aliphatic carbocycles. The molecule has 0 aliphatic rings. The molecule has 2 heteroatoms. The molecule has 0 aliphatic heterocycles. The highest BCUT2D eigenvalue weighted by Gasteiger charge is 1.82. The first-order valence-corrected chi connectivity index (χ1v) is 7.05. The van der Waals surface area contributed by atoms with Crippen molar-refractivity contribution in [2.24, 2.45) is 0 Å². The minimum atomic E-state index is 0. The summed E-state index contributed by atoms with van der Waals surface area (Å²) in [6.07, 6.45) is 17.2. The maximum absolute atomic E-state index is 3.66. The zero-order chi connectivity index (χ0) is 12.5. The van der Waals surface area contributed by atoms with Crippen LogP contribution in [0.25, 0.3) is 0 Å². The number of halogens is 2. The third-order valence-electron chi connectivity index (χ3n) is 2.52. The average molecular weight is 297 g/mol. The number of rotatable bonds is 10. The Bertz CT molecular complexity index is 117. The minimum Gasteiger partial charge on any atom is -0.147 e. The molecule has 0 N–H and O–H groups in total. The Hall–Kier alpha value is 0.0600. The zero-order valence-electron chi connectivity index (χ0n) is 12.5. The van der Waals surface area contributed by atoms with Crippen LogP contribution in [-0.4, -0.2) is 0 Å². The molecule has 0 radical (unpaired) electrons. The monoisotopic (exact) mass is 296 g/mol. The van der Waals surface area contributed by atoms with Crippen molar-refractivity contribution in [1.29, 1.82) is 0 Å². The molecule has 0 atom stereocenters. The largest absolute Gasteiger partial charge is 0.147 e. The Morgan fingerprint density at radius 3 is 1.17 bits per heavy atom. The molecule has 18 heavy (non-hydrogen) atoms. The van der Waals surface area contributed by atoms with Crippen LogP contribution in [0.15, 0.2) is 25.3 Å². The Morgan fingerprint density at radius 1 is 0.611 bits per heavy atom. The van der Waals surface area contributed by atoms with Crippen LogP contribution in [0.5, 0.6) is 0 Å². The van der Waals surface area contributed by atoms with Crippen molar-refractivity contribution in [1.82, 2.24) is 0 Å². The normalized spacial score (nSPS) is 8.11. The number of allylic oxidation sites excluding steroid dienone is 2. The van der Waals surface area contributed by atoms with E-state index in [0.717, 1.165) is 0 Å². The second kappa shape index (κ2) is 30.3. The van der Waals surface area contributed by atoms with E-state index >= 15 is 0 Å². The van der Waals surface area contributed by atoms with Crippen molar-refractivity contribution in [2.75, 3.05) is 0 Å². The molecule has 0 fully saturated rings. The molecule has 0 unspecified atom stereocenters. The van der Waals surface area contributed by atoms with Crippen molar-refractivity contribution >= 4 is 24.8 Å². The van der Waals surface area contributed by atoms with Gasteiger partial charge in [0.25, 0.3) is 0 Å². The van der Waals surface area contributed by atoms with E-state index in [1.165, 1.54) is 64.2 Å². The van der Waals surface area contributed by atoms with E-state index in [9.17, 15) is 0 Å². The summed E-state index contributed by atoms with van der Waals surface area (Å²) < 4.78 is 0. The lowest BCUT2D eigenvalue weighted by Gasteiger charge is -1.91. The van der Waals surface area contributed by atoms with E-state index in [1.807, 2.05) is 12.2 Å². The molecule has 0 saturated heterocycles. The quantitative estimate of drug-likeness (QED) is 0.297. The lowest BCUT2D eigenvalue weighted by Crippen LogP contribution is -1.71. The first-order valence-electron chi connectivity index (χ1n) is 7.05. The van der Waals surface area contributed by atoms with Crippen molar-refractivity contribution in [3.05, 3.63) is 25.3 Å². The maximum Gasteiger partial charge on any atom is -0.0353 e. The predicted molar refractivity (Wildman–Crippen MR) is 92.4 cm³/mol. The van der Waals surface area contributed by atoms with Crippen LogP contribution in [-0.2, 0) is 0 Å². The van der Waals surface area contributed by atoms with Crippen LogP contribution in [0.2, 0.25) is 0 Å². The van der Waals surface area contributed by atoms with E-state index in [4.69, 9.17) is 0 Å². The van der Waals surface area contributed by atoms with E-state index in [2.05, 4.69) is 27.0 Å². The molecule has 0 aromatic carbocycles. The highest BCUT2D eigenvalue weighted by Crippen LogP contribution is 2.02. The molecule has 0 saturated carbocycles. The molecule has 112 valence electrons. The van der Waals surface area contributed by atoms with Gasteiger partial charge in [-0.15, -0.1) is 38.0 Å². The van der Waals surface area contributed by atoms with Gasteiger partial charge < -0.3 is 0 Å². The average Bonchev–Trinajstić information content (AvgIpc) is 2.31. The van der Waals surface area contributed by atoms with Gasteiger partial charge in [-0.1, -0.05) is 64.5 Å². The lowest BCUT2D eigenvalue weighted by molar-refractivity contribution is 0.675. The summed E-state index contributed by atoms with van der Waals surface area (Å²) in [5.41, 5.74) is 0. The Kier molecular flexibility index (Phi) is 44.7. The molecule has 0 amide bonds. The van der Waals surface area contributed by atoms with Crippen LogP contribution in [0, 0.1) is 0 Å². The third kappa shape index (κ3) is 36.0. The van der Waals surface area contributed by atoms with Gasteiger partial charge in [0.05, 0.1) is 0 Å². The van der Waals surface area contributed by atoms with Gasteiger partial charge in [0.15, 0.2) is 0 Å². The number of unbranched alkanes of at least 4 members (excludes halogenated alkanes) is 8. The van der Waals surface area contributed by atoms with Gasteiger partial charge in [0.2, 0.25) is 0 Å².